The number of benzene rings is 1. The van der Waals surface area contributed by atoms with E-state index in [1.54, 1.807) is 13.0 Å². The molecule has 1 amide bonds. The number of hydrogen-bond acceptors (Lipinski definition) is 3. The largest absolute Gasteiger partial charge is 0.351 e. The fourth-order valence-electron chi connectivity index (χ4n) is 1.85. The van der Waals surface area contributed by atoms with Gasteiger partial charge in [-0.3, -0.25) is 4.79 Å². The summed E-state index contributed by atoms with van der Waals surface area (Å²) in [5.41, 5.74) is 6.07. The number of carbonyl (C=O) groups excluding carboxylic acids is 1. The number of carbonyl (C=O) groups is 1. The number of thiophene rings is 1. The number of nitrogens with one attached hydrogen (secondary N) is 1. The van der Waals surface area contributed by atoms with Crippen LogP contribution in [0.25, 0.3) is 10.1 Å². The molecule has 2 aromatic rings. The molecule has 104 valence electrons. The second kappa shape index (κ2) is 6.84. The summed E-state index contributed by atoms with van der Waals surface area (Å²) in [7, 11) is 0. The van der Waals surface area contributed by atoms with Crippen molar-refractivity contribution in [3.8, 4) is 0 Å². The fraction of sp³-hybridized carbons (Fsp3) is 0.308. The number of aryl methyl sites for hydroxylation is 1. The number of amides is 1. The monoisotopic (exact) mass is 302 g/mol. The molecular weight excluding hydrogens is 287 g/mol. The van der Waals surface area contributed by atoms with Crippen LogP contribution in [0.4, 0.5) is 4.39 Å². The van der Waals surface area contributed by atoms with Crippen molar-refractivity contribution in [2.24, 2.45) is 5.73 Å². The topological polar surface area (TPSA) is 55.1 Å². The lowest BCUT2D eigenvalue weighted by Crippen LogP contribution is -2.25. The standard InChI is InChI=1S/C13H15FN2OS.ClH/c1-8-11-9(14)4-2-5-10(11)18-12(8)13(17)16-7-3-6-15;/h2,4-5H,3,6-7,15H2,1H3,(H,16,17);1H. The average Bonchev–Trinajstić information content (AvgIpc) is 2.68. The van der Waals surface area contributed by atoms with E-state index in [1.807, 2.05) is 6.07 Å². The Kier molecular flexibility index (Phi) is 5.72. The van der Waals surface area contributed by atoms with Crippen LogP contribution in [0.1, 0.15) is 21.7 Å². The summed E-state index contributed by atoms with van der Waals surface area (Å²) in [6.07, 6.45) is 0.740. The van der Waals surface area contributed by atoms with Gasteiger partial charge in [-0.25, -0.2) is 4.39 Å². The van der Waals surface area contributed by atoms with Crippen LogP contribution in [0.15, 0.2) is 18.2 Å². The third-order valence-electron chi connectivity index (χ3n) is 2.78. The Labute approximate surface area is 121 Å². The molecule has 0 atom stereocenters. The maximum Gasteiger partial charge on any atom is 0.261 e. The molecule has 1 aromatic heterocycles. The van der Waals surface area contributed by atoms with Crippen LogP contribution >= 0.6 is 23.7 Å². The molecule has 3 N–H and O–H groups in total. The zero-order valence-corrected chi connectivity index (χ0v) is 12.2. The molecule has 6 heteroatoms. The number of hydrogen-bond donors (Lipinski definition) is 2. The lowest BCUT2D eigenvalue weighted by molar-refractivity contribution is 0.0957. The first-order valence-electron chi connectivity index (χ1n) is 5.81. The minimum atomic E-state index is -0.276. The zero-order valence-electron chi connectivity index (χ0n) is 10.5. The molecule has 0 radical (unpaired) electrons. The second-order valence-corrected chi connectivity index (χ2v) is 5.12. The summed E-state index contributed by atoms with van der Waals surface area (Å²) < 4.78 is 14.5. The summed E-state index contributed by atoms with van der Waals surface area (Å²) in [4.78, 5) is 12.5. The van der Waals surface area contributed by atoms with Crippen LogP contribution in [-0.4, -0.2) is 19.0 Å². The van der Waals surface area contributed by atoms with Crippen molar-refractivity contribution in [3.05, 3.63) is 34.5 Å². The number of nitrogens with two attached hydrogens (primary N) is 1. The smallest absolute Gasteiger partial charge is 0.261 e. The van der Waals surface area contributed by atoms with Crippen molar-refractivity contribution in [3.63, 3.8) is 0 Å². The van der Waals surface area contributed by atoms with E-state index in [0.29, 0.717) is 28.9 Å². The quantitative estimate of drug-likeness (QED) is 0.853. The molecule has 19 heavy (non-hydrogen) atoms. The number of fused-ring (bicyclic) bond motifs is 1. The van der Waals surface area contributed by atoms with E-state index in [4.69, 9.17) is 5.73 Å². The Morgan fingerprint density at radius 1 is 1.47 bits per heavy atom. The van der Waals surface area contributed by atoms with Crippen molar-refractivity contribution < 1.29 is 9.18 Å². The van der Waals surface area contributed by atoms with Gasteiger partial charge in [0.15, 0.2) is 0 Å². The Balaban J connectivity index is 0.00000180. The van der Waals surface area contributed by atoms with Gasteiger partial charge in [-0.1, -0.05) is 6.07 Å². The molecule has 1 heterocycles. The van der Waals surface area contributed by atoms with Crippen LogP contribution < -0.4 is 11.1 Å². The van der Waals surface area contributed by atoms with E-state index in [1.165, 1.54) is 17.4 Å². The predicted octanol–water partition coefficient (Wildman–Crippen LogP) is 2.85. The SMILES string of the molecule is Cc1c(C(=O)NCCCN)sc2cccc(F)c12.Cl. The van der Waals surface area contributed by atoms with Gasteiger partial charge in [-0.2, -0.15) is 0 Å². The predicted molar refractivity (Wildman–Crippen MR) is 79.8 cm³/mol. The van der Waals surface area contributed by atoms with Crippen molar-refractivity contribution in [2.45, 2.75) is 13.3 Å². The van der Waals surface area contributed by atoms with Gasteiger partial charge >= 0.3 is 0 Å². The van der Waals surface area contributed by atoms with E-state index in [9.17, 15) is 9.18 Å². The molecule has 0 aliphatic rings. The van der Waals surface area contributed by atoms with Crippen LogP contribution in [-0.2, 0) is 0 Å². The first kappa shape index (κ1) is 15.9. The van der Waals surface area contributed by atoms with E-state index >= 15 is 0 Å². The summed E-state index contributed by atoms with van der Waals surface area (Å²) in [6.45, 7) is 2.87. The highest BCUT2D eigenvalue weighted by atomic mass is 35.5. The molecule has 3 nitrogen and oxygen atoms in total. The van der Waals surface area contributed by atoms with E-state index in [0.717, 1.165) is 11.1 Å². The highest BCUT2D eigenvalue weighted by Crippen LogP contribution is 2.32. The molecule has 0 unspecified atom stereocenters. The Hall–Kier alpha value is -1.17. The van der Waals surface area contributed by atoms with Crippen molar-refractivity contribution in [2.75, 3.05) is 13.1 Å². The van der Waals surface area contributed by atoms with Crippen LogP contribution in [0.2, 0.25) is 0 Å². The highest BCUT2D eigenvalue weighted by Gasteiger charge is 2.17. The van der Waals surface area contributed by atoms with Gasteiger partial charge in [0.1, 0.15) is 5.82 Å². The fourth-order valence-corrected chi connectivity index (χ4v) is 2.99. The minimum Gasteiger partial charge on any atom is -0.351 e. The summed E-state index contributed by atoms with van der Waals surface area (Å²) >= 11 is 1.32. The Morgan fingerprint density at radius 3 is 2.84 bits per heavy atom. The van der Waals surface area contributed by atoms with Gasteiger partial charge in [0.2, 0.25) is 0 Å². The molecule has 0 fully saturated rings. The lowest BCUT2D eigenvalue weighted by atomic mass is 10.1. The van der Waals surface area contributed by atoms with Gasteiger partial charge in [-0.05, 0) is 37.6 Å². The van der Waals surface area contributed by atoms with Gasteiger partial charge < -0.3 is 11.1 Å². The molecule has 2 rings (SSSR count). The van der Waals surface area contributed by atoms with E-state index < -0.39 is 0 Å². The first-order chi connectivity index (χ1) is 8.65. The van der Waals surface area contributed by atoms with Crippen molar-refractivity contribution >= 4 is 39.7 Å². The third-order valence-corrected chi connectivity index (χ3v) is 4.03. The highest BCUT2D eigenvalue weighted by molar-refractivity contribution is 7.21. The molecule has 0 aliphatic carbocycles. The zero-order chi connectivity index (χ0) is 13.1. The van der Waals surface area contributed by atoms with Crippen molar-refractivity contribution in [1.82, 2.24) is 5.32 Å². The number of rotatable bonds is 4. The molecule has 0 saturated heterocycles. The van der Waals surface area contributed by atoms with Crippen molar-refractivity contribution in [1.29, 1.82) is 0 Å². The molecule has 0 aliphatic heterocycles. The summed E-state index contributed by atoms with van der Waals surface area (Å²) in [6, 6.07) is 4.90. The first-order valence-corrected chi connectivity index (χ1v) is 6.62. The van der Waals surface area contributed by atoms with E-state index in [2.05, 4.69) is 5.32 Å². The van der Waals surface area contributed by atoms with E-state index in [-0.39, 0.29) is 24.1 Å². The van der Waals surface area contributed by atoms with Gasteiger partial charge in [0.25, 0.3) is 5.91 Å². The Morgan fingerprint density at radius 2 is 2.21 bits per heavy atom. The van der Waals surface area contributed by atoms with Crippen LogP contribution in [0, 0.1) is 12.7 Å². The third kappa shape index (κ3) is 3.23. The molecule has 0 spiro atoms. The van der Waals surface area contributed by atoms with Gasteiger partial charge in [-0.15, -0.1) is 23.7 Å². The van der Waals surface area contributed by atoms with Gasteiger partial charge in [0.05, 0.1) is 4.88 Å². The maximum atomic E-state index is 13.7. The summed E-state index contributed by atoms with van der Waals surface area (Å²) in [5.74, 6) is -0.427. The van der Waals surface area contributed by atoms with Crippen LogP contribution in [0.5, 0.6) is 0 Å². The maximum absolute atomic E-state index is 13.7. The molecular formula is C13H16ClFN2OS. The normalized spacial score (nSPS) is 10.3. The molecule has 0 saturated carbocycles. The number of halogens is 2. The minimum absolute atomic E-state index is 0. The average molecular weight is 303 g/mol. The van der Waals surface area contributed by atoms with Gasteiger partial charge in [0, 0.05) is 16.6 Å². The summed E-state index contributed by atoms with van der Waals surface area (Å²) in [5, 5.41) is 3.34. The second-order valence-electron chi connectivity index (χ2n) is 4.07. The molecule has 1 aromatic carbocycles. The molecule has 0 bridgehead atoms. The lowest BCUT2D eigenvalue weighted by Gasteiger charge is -2.02. The van der Waals surface area contributed by atoms with Crippen LogP contribution in [0.3, 0.4) is 0 Å². The Bertz CT molecular complexity index is 585.